The van der Waals surface area contributed by atoms with E-state index in [-0.39, 0.29) is 17.6 Å². The Kier molecular flexibility index (Phi) is 7.42. The largest absolute Gasteiger partial charge is 0.462 e. The van der Waals surface area contributed by atoms with E-state index in [1.54, 1.807) is 31.2 Å². The molecule has 30 heavy (non-hydrogen) atoms. The Morgan fingerprint density at radius 2 is 1.77 bits per heavy atom. The van der Waals surface area contributed by atoms with Crippen molar-refractivity contribution in [3.63, 3.8) is 0 Å². The first kappa shape index (κ1) is 21.8. The summed E-state index contributed by atoms with van der Waals surface area (Å²) in [6, 6.07) is 12.7. The van der Waals surface area contributed by atoms with Gasteiger partial charge in [-0.3, -0.25) is 4.79 Å². The summed E-state index contributed by atoms with van der Waals surface area (Å²) >= 11 is 2.71. The van der Waals surface area contributed by atoms with Crippen LogP contribution in [0.15, 0.2) is 46.8 Å². The number of amides is 1. The Hall–Kier alpha value is -2.91. The molecule has 2 aromatic carbocycles. The number of nitrogens with zero attached hydrogens (tertiary/aromatic N) is 2. The summed E-state index contributed by atoms with van der Waals surface area (Å²) in [5.74, 6) is -0.340. The molecule has 0 radical (unpaired) electrons. The molecule has 0 atom stereocenters. The third kappa shape index (κ3) is 6.04. The van der Waals surface area contributed by atoms with Crippen molar-refractivity contribution in [1.82, 2.24) is 10.2 Å². The van der Waals surface area contributed by atoms with Crippen molar-refractivity contribution >= 4 is 51.5 Å². The Morgan fingerprint density at radius 1 is 1.03 bits per heavy atom. The van der Waals surface area contributed by atoms with Gasteiger partial charge in [-0.05, 0) is 68.3 Å². The maximum atomic E-state index is 12.2. The van der Waals surface area contributed by atoms with E-state index < -0.39 is 0 Å². The lowest BCUT2D eigenvalue weighted by molar-refractivity contribution is -0.113. The molecule has 9 heteroatoms. The number of benzene rings is 2. The molecule has 1 heterocycles. The van der Waals surface area contributed by atoms with Gasteiger partial charge in [-0.1, -0.05) is 29.2 Å². The van der Waals surface area contributed by atoms with Gasteiger partial charge in [0.05, 0.1) is 17.9 Å². The second kappa shape index (κ2) is 10.2. The van der Waals surface area contributed by atoms with Crippen LogP contribution < -0.4 is 10.6 Å². The monoisotopic (exact) mass is 442 g/mol. The molecule has 1 amide bonds. The highest BCUT2D eigenvalue weighted by Gasteiger charge is 2.10. The molecule has 0 aliphatic heterocycles. The van der Waals surface area contributed by atoms with Gasteiger partial charge in [-0.2, -0.15) is 0 Å². The number of rotatable bonds is 8. The summed E-state index contributed by atoms with van der Waals surface area (Å²) in [7, 11) is 0. The first-order valence-electron chi connectivity index (χ1n) is 9.32. The predicted molar refractivity (Wildman–Crippen MR) is 121 cm³/mol. The lowest BCUT2D eigenvalue weighted by Crippen LogP contribution is -2.14. The Labute approximate surface area is 183 Å². The zero-order chi connectivity index (χ0) is 21.5. The van der Waals surface area contributed by atoms with Crippen LogP contribution in [0.4, 0.5) is 16.5 Å². The predicted octanol–water partition coefficient (Wildman–Crippen LogP) is 4.81. The van der Waals surface area contributed by atoms with E-state index in [0.717, 1.165) is 5.69 Å². The molecule has 0 bridgehead atoms. The average molecular weight is 443 g/mol. The lowest BCUT2D eigenvalue weighted by atomic mass is 10.1. The summed E-state index contributed by atoms with van der Waals surface area (Å²) in [5, 5.41) is 15.0. The van der Waals surface area contributed by atoms with Crippen LogP contribution in [0.1, 0.15) is 28.4 Å². The van der Waals surface area contributed by atoms with E-state index in [4.69, 9.17) is 4.74 Å². The minimum Gasteiger partial charge on any atom is -0.462 e. The summed E-state index contributed by atoms with van der Waals surface area (Å²) < 4.78 is 5.64. The number of carbonyl (C=O) groups is 2. The molecule has 0 spiro atoms. The molecule has 7 nitrogen and oxygen atoms in total. The number of ether oxygens (including phenoxy) is 1. The Bertz CT molecular complexity index is 1030. The van der Waals surface area contributed by atoms with E-state index in [0.29, 0.717) is 27.3 Å². The number of aryl methyl sites for hydroxylation is 2. The van der Waals surface area contributed by atoms with Gasteiger partial charge in [-0.25, -0.2) is 4.79 Å². The van der Waals surface area contributed by atoms with Crippen molar-refractivity contribution in [3.8, 4) is 0 Å². The second-order valence-electron chi connectivity index (χ2n) is 6.43. The van der Waals surface area contributed by atoms with Gasteiger partial charge >= 0.3 is 5.97 Å². The molecule has 0 saturated heterocycles. The molecule has 0 fully saturated rings. The Balaban J connectivity index is 1.49. The number of carbonyl (C=O) groups excluding carboxylic acids is 2. The molecule has 156 valence electrons. The Morgan fingerprint density at radius 3 is 2.47 bits per heavy atom. The first-order valence-corrected chi connectivity index (χ1v) is 11.1. The molecule has 3 rings (SSSR count). The molecule has 0 aliphatic rings. The van der Waals surface area contributed by atoms with Crippen molar-refractivity contribution < 1.29 is 14.3 Å². The first-order chi connectivity index (χ1) is 14.4. The van der Waals surface area contributed by atoms with Crippen molar-refractivity contribution in [3.05, 3.63) is 59.2 Å². The molecule has 0 saturated carbocycles. The van der Waals surface area contributed by atoms with E-state index in [2.05, 4.69) is 46.8 Å². The molecule has 2 N–H and O–H groups in total. The van der Waals surface area contributed by atoms with Gasteiger partial charge in [0.15, 0.2) is 4.34 Å². The molecule has 3 aromatic rings. The van der Waals surface area contributed by atoms with Gasteiger partial charge < -0.3 is 15.4 Å². The molecule has 1 aromatic heterocycles. The minimum atomic E-state index is -0.382. The third-order valence-corrected chi connectivity index (χ3v) is 6.14. The highest BCUT2D eigenvalue weighted by Crippen LogP contribution is 2.28. The lowest BCUT2D eigenvalue weighted by Gasteiger charge is -2.06. The molecular weight excluding hydrogens is 420 g/mol. The highest BCUT2D eigenvalue weighted by molar-refractivity contribution is 8.01. The summed E-state index contributed by atoms with van der Waals surface area (Å²) in [5.41, 5.74) is 4.45. The number of hydrogen-bond donors (Lipinski definition) is 2. The van der Waals surface area contributed by atoms with E-state index in [9.17, 15) is 9.59 Å². The van der Waals surface area contributed by atoms with Gasteiger partial charge in [-0.15, -0.1) is 10.2 Å². The van der Waals surface area contributed by atoms with Crippen LogP contribution in [0.3, 0.4) is 0 Å². The van der Waals surface area contributed by atoms with Gasteiger partial charge in [0.1, 0.15) is 0 Å². The fourth-order valence-corrected chi connectivity index (χ4v) is 4.06. The standard InChI is InChI=1S/C21H22N4O3S2/c1-4-28-19(27)15-6-9-16(10-7-15)22-18(26)12-29-21-25-24-20(30-21)23-17-8-5-13(2)14(3)11-17/h5-11H,4,12H2,1-3H3,(H,22,26)(H,23,24). The van der Waals surface area contributed by atoms with Crippen LogP contribution in [0, 0.1) is 13.8 Å². The summed E-state index contributed by atoms with van der Waals surface area (Å²) in [6.45, 7) is 6.20. The van der Waals surface area contributed by atoms with Crippen LogP contribution >= 0.6 is 23.1 Å². The average Bonchev–Trinajstić information content (AvgIpc) is 3.17. The van der Waals surface area contributed by atoms with Gasteiger partial charge in [0.25, 0.3) is 0 Å². The number of esters is 1. The second-order valence-corrected chi connectivity index (χ2v) is 8.63. The number of hydrogen-bond acceptors (Lipinski definition) is 8. The maximum Gasteiger partial charge on any atom is 0.338 e. The highest BCUT2D eigenvalue weighted by atomic mass is 32.2. The summed E-state index contributed by atoms with van der Waals surface area (Å²) in [4.78, 5) is 23.8. The fraction of sp³-hybridized carbons (Fsp3) is 0.238. The van der Waals surface area contributed by atoms with E-state index >= 15 is 0 Å². The fourth-order valence-electron chi connectivity index (χ4n) is 2.49. The van der Waals surface area contributed by atoms with E-state index in [1.807, 2.05) is 6.07 Å². The SMILES string of the molecule is CCOC(=O)c1ccc(NC(=O)CSc2nnc(Nc3ccc(C)c(C)c3)s2)cc1. The van der Waals surface area contributed by atoms with Crippen molar-refractivity contribution in [1.29, 1.82) is 0 Å². The van der Waals surface area contributed by atoms with Gasteiger partial charge in [0.2, 0.25) is 11.0 Å². The van der Waals surface area contributed by atoms with Crippen LogP contribution in [-0.4, -0.2) is 34.4 Å². The van der Waals surface area contributed by atoms with Crippen molar-refractivity contribution in [2.75, 3.05) is 23.0 Å². The van der Waals surface area contributed by atoms with Crippen LogP contribution in [0.2, 0.25) is 0 Å². The topological polar surface area (TPSA) is 93.2 Å². The number of anilines is 3. The van der Waals surface area contributed by atoms with Crippen molar-refractivity contribution in [2.24, 2.45) is 0 Å². The van der Waals surface area contributed by atoms with Crippen LogP contribution in [0.25, 0.3) is 0 Å². The minimum absolute atomic E-state index is 0.164. The van der Waals surface area contributed by atoms with Crippen molar-refractivity contribution in [2.45, 2.75) is 25.1 Å². The van der Waals surface area contributed by atoms with Crippen LogP contribution in [-0.2, 0) is 9.53 Å². The molecular formula is C21H22N4O3S2. The molecule has 0 aliphatic carbocycles. The number of aromatic nitrogens is 2. The summed E-state index contributed by atoms with van der Waals surface area (Å²) in [6.07, 6.45) is 0. The number of nitrogens with one attached hydrogen (secondary N) is 2. The molecule has 0 unspecified atom stereocenters. The number of thioether (sulfide) groups is 1. The maximum absolute atomic E-state index is 12.2. The quantitative estimate of drug-likeness (QED) is 0.382. The zero-order valence-electron chi connectivity index (χ0n) is 16.9. The third-order valence-electron chi connectivity index (χ3n) is 4.17. The van der Waals surface area contributed by atoms with E-state index in [1.165, 1.54) is 34.2 Å². The van der Waals surface area contributed by atoms with Gasteiger partial charge in [0, 0.05) is 11.4 Å². The normalized spacial score (nSPS) is 10.5. The smallest absolute Gasteiger partial charge is 0.338 e. The van der Waals surface area contributed by atoms with Crippen LogP contribution in [0.5, 0.6) is 0 Å². The zero-order valence-corrected chi connectivity index (χ0v) is 18.5.